The summed E-state index contributed by atoms with van der Waals surface area (Å²) in [6, 6.07) is 4.86. The first kappa shape index (κ1) is 12.4. The normalized spacial score (nSPS) is 10.1. The first-order chi connectivity index (χ1) is 8.58. The van der Waals surface area contributed by atoms with E-state index in [2.05, 4.69) is 31.2 Å². The molecule has 0 bridgehead atoms. The van der Waals surface area contributed by atoms with E-state index >= 15 is 0 Å². The van der Waals surface area contributed by atoms with E-state index < -0.39 is 4.92 Å². The Balaban J connectivity index is 2.39. The number of nitrogens with zero attached hydrogens (tertiary/aromatic N) is 3. The average molecular weight is 309 g/mol. The molecule has 0 amide bonds. The monoisotopic (exact) mass is 308 g/mol. The van der Waals surface area contributed by atoms with Crippen molar-refractivity contribution in [3.8, 4) is 0 Å². The molecule has 0 aliphatic rings. The summed E-state index contributed by atoms with van der Waals surface area (Å²) in [4.78, 5) is 18.5. The minimum absolute atomic E-state index is 0.00141. The zero-order chi connectivity index (χ0) is 13.1. The number of rotatable bonds is 3. The lowest BCUT2D eigenvalue weighted by Gasteiger charge is -2.08. The molecule has 7 heteroatoms. The fourth-order valence-corrected chi connectivity index (χ4v) is 1.66. The largest absolute Gasteiger partial charge is 0.318 e. The van der Waals surface area contributed by atoms with Crippen LogP contribution in [-0.4, -0.2) is 14.9 Å². The third kappa shape index (κ3) is 2.62. The van der Waals surface area contributed by atoms with E-state index in [4.69, 9.17) is 0 Å². The molecule has 1 N–H and O–H groups in total. The van der Waals surface area contributed by atoms with Crippen LogP contribution in [0.2, 0.25) is 0 Å². The Kier molecular flexibility index (Phi) is 3.52. The van der Waals surface area contributed by atoms with Crippen molar-refractivity contribution in [2.75, 3.05) is 5.32 Å². The molecule has 1 aromatic carbocycles. The second-order valence-corrected chi connectivity index (χ2v) is 4.49. The Morgan fingerprint density at radius 1 is 1.33 bits per heavy atom. The van der Waals surface area contributed by atoms with E-state index in [0.717, 1.165) is 10.0 Å². The zero-order valence-electron chi connectivity index (χ0n) is 9.42. The number of para-hydroxylation sites is 1. The van der Waals surface area contributed by atoms with Crippen molar-refractivity contribution in [3.63, 3.8) is 0 Å². The van der Waals surface area contributed by atoms with Gasteiger partial charge in [-0.3, -0.25) is 10.1 Å². The van der Waals surface area contributed by atoms with Crippen LogP contribution in [0.15, 0.2) is 35.1 Å². The number of benzene rings is 1. The zero-order valence-corrected chi connectivity index (χ0v) is 11.0. The molecule has 0 saturated carbocycles. The highest BCUT2D eigenvalue weighted by molar-refractivity contribution is 9.10. The van der Waals surface area contributed by atoms with Gasteiger partial charge in [0.25, 0.3) is 5.69 Å². The van der Waals surface area contributed by atoms with Crippen molar-refractivity contribution in [1.82, 2.24) is 9.97 Å². The summed E-state index contributed by atoms with van der Waals surface area (Å²) in [7, 11) is 0. The third-order valence-corrected chi connectivity index (χ3v) is 2.71. The van der Waals surface area contributed by atoms with E-state index in [9.17, 15) is 10.1 Å². The van der Waals surface area contributed by atoms with E-state index in [0.29, 0.717) is 11.6 Å². The summed E-state index contributed by atoms with van der Waals surface area (Å²) >= 11 is 3.22. The van der Waals surface area contributed by atoms with Gasteiger partial charge < -0.3 is 5.32 Å². The molecule has 1 aromatic heterocycles. The van der Waals surface area contributed by atoms with E-state index in [1.54, 1.807) is 31.5 Å². The Labute approximate surface area is 111 Å². The van der Waals surface area contributed by atoms with Gasteiger partial charge >= 0.3 is 0 Å². The van der Waals surface area contributed by atoms with Gasteiger partial charge in [0.15, 0.2) is 0 Å². The predicted molar refractivity (Wildman–Crippen MR) is 70.8 cm³/mol. The summed E-state index contributed by atoms with van der Waals surface area (Å²) in [6.07, 6.45) is 3.14. The maximum atomic E-state index is 10.9. The Morgan fingerprint density at radius 2 is 2.00 bits per heavy atom. The number of halogens is 1. The molecule has 0 unspecified atom stereocenters. The molecule has 0 atom stereocenters. The topological polar surface area (TPSA) is 81.0 Å². The molecule has 0 aliphatic carbocycles. The molecule has 6 nitrogen and oxygen atoms in total. The molecule has 1 heterocycles. The van der Waals surface area contributed by atoms with Crippen molar-refractivity contribution in [1.29, 1.82) is 0 Å². The molecule has 2 aromatic rings. The van der Waals surface area contributed by atoms with Crippen molar-refractivity contribution in [2.24, 2.45) is 0 Å². The van der Waals surface area contributed by atoms with Crippen LogP contribution in [0.1, 0.15) is 5.56 Å². The van der Waals surface area contributed by atoms with Gasteiger partial charge in [0.1, 0.15) is 5.69 Å². The number of anilines is 2. The number of aryl methyl sites for hydroxylation is 1. The maximum Gasteiger partial charge on any atom is 0.293 e. The summed E-state index contributed by atoms with van der Waals surface area (Å²) in [6.45, 7) is 1.79. The van der Waals surface area contributed by atoms with Crippen LogP contribution in [0, 0.1) is 17.0 Å². The van der Waals surface area contributed by atoms with Crippen LogP contribution in [-0.2, 0) is 0 Å². The molecule has 0 aliphatic heterocycles. The van der Waals surface area contributed by atoms with E-state index in [-0.39, 0.29) is 5.69 Å². The second kappa shape index (κ2) is 5.09. The van der Waals surface area contributed by atoms with Crippen LogP contribution in [0.3, 0.4) is 0 Å². The van der Waals surface area contributed by atoms with Crippen molar-refractivity contribution >= 4 is 33.3 Å². The van der Waals surface area contributed by atoms with Gasteiger partial charge in [-0.05, 0) is 28.4 Å². The lowest BCUT2D eigenvalue weighted by Crippen LogP contribution is -2.02. The average Bonchev–Trinajstić information content (AvgIpc) is 2.34. The molecule has 92 valence electrons. The molecular formula is C11H9BrN4O2. The summed E-state index contributed by atoms with van der Waals surface area (Å²) in [5.74, 6) is 0.315. The molecule has 0 radical (unpaired) electrons. The molecule has 0 saturated heterocycles. The quantitative estimate of drug-likeness (QED) is 0.695. The first-order valence-electron chi connectivity index (χ1n) is 5.06. The molecule has 0 spiro atoms. The van der Waals surface area contributed by atoms with Gasteiger partial charge in [-0.2, -0.15) is 0 Å². The number of hydrogen-bond acceptors (Lipinski definition) is 5. The van der Waals surface area contributed by atoms with Gasteiger partial charge in [-0.25, -0.2) is 9.97 Å². The SMILES string of the molecule is Cc1cccc([N+](=O)[O-])c1Nc1ncc(Br)cn1. The van der Waals surface area contributed by atoms with Crippen LogP contribution in [0.5, 0.6) is 0 Å². The predicted octanol–water partition coefficient (Wildman–Crippen LogP) is 3.20. The lowest BCUT2D eigenvalue weighted by atomic mass is 10.1. The van der Waals surface area contributed by atoms with Crippen LogP contribution < -0.4 is 5.32 Å². The summed E-state index contributed by atoms with van der Waals surface area (Å²) < 4.78 is 0.743. The second-order valence-electron chi connectivity index (χ2n) is 3.58. The third-order valence-electron chi connectivity index (χ3n) is 2.30. The Hall–Kier alpha value is -2.02. The number of aromatic nitrogens is 2. The fourth-order valence-electron chi connectivity index (χ4n) is 1.46. The molecule has 18 heavy (non-hydrogen) atoms. The van der Waals surface area contributed by atoms with E-state index in [1.165, 1.54) is 6.07 Å². The maximum absolute atomic E-state index is 10.9. The van der Waals surface area contributed by atoms with Crippen LogP contribution in [0.25, 0.3) is 0 Å². The summed E-state index contributed by atoms with van der Waals surface area (Å²) in [5.41, 5.74) is 1.17. The highest BCUT2D eigenvalue weighted by Crippen LogP contribution is 2.29. The Morgan fingerprint density at radius 3 is 2.61 bits per heavy atom. The van der Waals surface area contributed by atoms with Gasteiger partial charge in [0.05, 0.1) is 9.40 Å². The number of nitrogens with one attached hydrogen (secondary N) is 1. The number of hydrogen-bond donors (Lipinski definition) is 1. The molecule has 2 rings (SSSR count). The van der Waals surface area contributed by atoms with Gasteiger partial charge in [0, 0.05) is 18.5 Å². The lowest BCUT2D eigenvalue weighted by molar-refractivity contribution is -0.384. The Bertz CT molecular complexity index is 586. The van der Waals surface area contributed by atoms with Crippen molar-refractivity contribution in [2.45, 2.75) is 6.92 Å². The smallest absolute Gasteiger partial charge is 0.293 e. The molecular weight excluding hydrogens is 300 g/mol. The van der Waals surface area contributed by atoms with Gasteiger partial charge in [0.2, 0.25) is 5.95 Å². The van der Waals surface area contributed by atoms with Crippen molar-refractivity contribution in [3.05, 3.63) is 50.7 Å². The highest BCUT2D eigenvalue weighted by atomic mass is 79.9. The first-order valence-corrected chi connectivity index (χ1v) is 5.86. The van der Waals surface area contributed by atoms with E-state index in [1.807, 2.05) is 0 Å². The summed E-state index contributed by atoms with van der Waals surface area (Å²) in [5, 5.41) is 13.8. The minimum atomic E-state index is -0.436. The standard InChI is InChI=1S/C11H9BrN4O2/c1-7-3-2-4-9(16(17)18)10(7)15-11-13-5-8(12)6-14-11/h2-6H,1H3,(H,13,14,15). The fraction of sp³-hybridized carbons (Fsp3) is 0.0909. The van der Waals surface area contributed by atoms with Gasteiger partial charge in [-0.15, -0.1) is 0 Å². The highest BCUT2D eigenvalue weighted by Gasteiger charge is 2.16. The van der Waals surface area contributed by atoms with Crippen LogP contribution >= 0.6 is 15.9 Å². The number of nitro groups is 1. The van der Waals surface area contributed by atoms with Gasteiger partial charge in [-0.1, -0.05) is 12.1 Å². The molecule has 0 fully saturated rings. The van der Waals surface area contributed by atoms with Crippen LogP contribution in [0.4, 0.5) is 17.3 Å². The number of nitro benzene ring substituents is 1. The minimum Gasteiger partial charge on any atom is -0.318 e. The van der Waals surface area contributed by atoms with Crippen molar-refractivity contribution < 1.29 is 4.92 Å².